The highest BCUT2D eigenvalue weighted by molar-refractivity contribution is 5.87. The van der Waals surface area contributed by atoms with E-state index in [1.165, 1.54) is 0 Å². The first-order valence-electron chi connectivity index (χ1n) is 6.32. The number of hydrogen-bond donors (Lipinski definition) is 2. The van der Waals surface area contributed by atoms with Crippen LogP contribution in [0.25, 0.3) is 0 Å². The van der Waals surface area contributed by atoms with E-state index in [9.17, 15) is 18.0 Å². The van der Waals surface area contributed by atoms with Crippen molar-refractivity contribution in [1.82, 2.24) is 5.32 Å². The molecule has 1 unspecified atom stereocenters. The fourth-order valence-corrected chi connectivity index (χ4v) is 2.18. The quantitative estimate of drug-likeness (QED) is 0.898. The molecule has 1 aromatic rings. The molecule has 2 N–H and O–H groups in total. The van der Waals surface area contributed by atoms with Crippen LogP contribution in [0.5, 0.6) is 0 Å². The van der Waals surface area contributed by atoms with E-state index < -0.39 is 24.7 Å². The van der Waals surface area contributed by atoms with Gasteiger partial charge >= 0.3 is 6.18 Å². The average Bonchev–Trinajstić information content (AvgIpc) is 2.42. The van der Waals surface area contributed by atoms with Gasteiger partial charge in [0.1, 0.15) is 12.6 Å². The van der Waals surface area contributed by atoms with Crippen molar-refractivity contribution in [1.29, 1.82) is 0 Å². The van der Waals surface area contributed by atoms with E-state index in [0.717, 1.165) is 11.4 Å². The van der Waals surface area contributed by atoms with Crippen molar-refractivity contribution in [3.8, 4) is 0 Å². The summed E-state index contributed by atoms with van der Waals surface area (Å²) in [6.07, 6.45) is -4.39. The van der Waals surface area contributed by atoms with E-state index in [2.05, 4.69) is 5.32 Å². The summed E-state index contributed by atoms with van der Waals surface area (Å²) in [7, 11) is 0. The normalized spacial score (nSPS) is 15.3. The summed E-state index contributed by atoms with van der Waals surface area (Å²) in [6, 6.07) is 6.76. The Morgan fingerprint density at radius 2 is 2.10 bits per heavy atom. The molecule has 1 amide bonds. The Bertz CT molecular complexity index is 496. The Morgan fingerprint density at radius 3 is 2.76 bits per heavy atom. The van der Waals surface area contributed by atoms with Gasteiger partial charge in [0.25, 0.3) is 0 Å². The number of benzene rings is 1. The third-order valence-corrected chi connectivity index (χ3v) is 3.19. The van der Waals surface area contributed by atoms with E-state index in [0.29, 0.717) is 13.1 Å². The van der Waals surface area contributed by atoms with Crippen molar-refractivity contribution < 1.29 is 18.0 Å². The second kappa shape index (κ2) is 6.89. The molecule has 0 radical (unpaired) electrons. The van der Waals surface area contributed by atoms with Crippen LogP contribution in [0.1, 0.15) is 6.92 Å². The number of anilines is 2. The number of alkyl halides is 3. The van der Waals surface area contributed by atoms with Crippen molar-refractivity contribution in [3.63, 3.8) is 0 Å². The Labute approximate surface area is 127 Å². The molecule has 0 spiro atoms. The Kier molecular flexibility index (Phi) is 5.71. The number of carbonyl (C=O) groups excluding carboxylic acids is 1. The van der Waals surface area contributed by atoms with E-state index in [4.69, 9.17) is 0 Å². The van der Waals surface area contributed by atoms with E-state index >= 15 is 0 Å². The zero-order valence-corrected chi connectivity index (χ0v) is 12.2. The molecule has 0 aliphatic carbocycles. The molecule has 0 bridgehead atoms. The average molecular weight is 324 g/mol. The molecule has 8 heteroatoms. The summed E-state index contributed by atoms with van der Waals surface area (Å²) in [4.78, 5) is 13.6. The molecule has 1 heterocycles. The molecule has 21 heavy (non-hydrogen) atoms. The van der Waals surface area contributed by atoms with Crippen LogP contribution in [0.2, 0.25) is 0 Å². The Morgan fingerprint density at radius 1 is 1.43 bits per heavy atom. The first-order chi connectivity index (χ1) is 9.38. The fraction of sp³-hybridized carbons (Fsp3) is 0.462. The molecular formula is C13H17ClF3N3O. The maximum atomic E-state index is 12.1. The van der Waals surface area contributed by atoms with Gasteiger partial charge in [-0.1, -0.05) is 12.1 Å². The minimum Gasteiger partial charge on any atom is -0.382 e. The van der Waals surface area contributed by atoms with Gasteiger partial charge in [0, 0.05) is 13.1 Å². The van der Waals surface area contributed by atoms with Crippen LogP contribution >= 0.6 is 12.4 Å². The van der Waals surface area contributed by atoms with Gasteiger partial charge in [-0.2, -0.15) is 13.2 Å². The number of nitrogens with one attached hydrogen (secondary N) is 2. The summed E-state index contributed by atoms with van der Waals surface area (Å²) in [5.74, 6) is -0.626. The summed E-state index contributed by atoms with van der Waals surface area (Å²) in [6.45, 7) is 1.52. The minimum absolute atomic E-state index is 0. The fourth-order valence-electron chi connectivity index (χ4n) is 2.18. The number of rotatable bonds is 3. The number of amides is 1. The van der Waals surface area contributed by atoms with Crippen LogP contribution in [-0.2, 0) is 4.79 Å². The lowest BCUT2D eigenvalue weighted by Crippen LogP contribution is -2.50. The van der Waals surface area contributed by atoms with Gasteiger partial charge in [0.2, 0.25) is 5.91 Å². The van der Waals surface area contributed by atoms with Crippen molar-refractivity contribution in [2.45, 2.75) is 19.1 Å². The monoisotopic (exact) mass is 323 g/mol. The van der Waals surface area contributed by atoms with Crippen LogP contribution in [0, 0.1) is 0 Å². The van der Waals surface area contributed by atoms with Crippen LogP contribution in [0.4, 0.5) is 24.5 Å². The molecule has 0 fully saturated rings. The second-order valence-corrected chi connectivity index (χ2v) is 4.65. The van der Waals surface area contributed by atoms with Gasteiger partial charge in [-0.25, -0.2) is 0 Å². The number of nitrogens with zero attached hydrogens (tertiary/aromatic N) is 1. The molecule has 0 aromatic heterocycles. The van der Waals surface area contributed by atoms with Gasteiger partial charge in [-0.3, -0.25) is 4.79 Å². The van der Waals surface area contributed by atoms with Gasteiger partial charge < -0.3 is 15.5 Å². The number of halogens is 4. The highest BCUT2D eigenvalue weighted by Gasteiger charge is 2.31. The molecule has 1 aliphatic heterocycles. The summed E-state index contributed by atoms with van der Waals surface area (Å²) < 4.78 is 36.4. The molecule has 0 saturated heterocycles. The predicted molar refractivity (Wildman–Crippen MR) is 78.1 cm³/mol. The van der Waals surface area contributed by atoms with Gasteiger partial charge in [-0.15, -0.1) is 12.4 Å². The van der Waals surface area contributed by atoms with Crippen molar-refractivity contribution in [3.05, 3.63) is 24.3 Å². The molecule has 118 valence electrons. The molecule has 1 atom stereocenters. The van der Waals surface area contributed by atoms with Crippen LogP contribution in [0.15, 0.2) is 24.3 Å². The largest absolute Gasteiger partial charge is 0.405 e. The van der Waals surface area contributed by atoms with E-state index in [-0.39, 0.29) is 12.4 Å². The number of fused-ring (bicyclic) bond motifs is 1. The summed E-state index contributed by atoms with van der Waals surface area (Å²) in [5, 5.41) is 5.11. The highest BCUT2D eigenvalue weighted by atomic mass is 35.5. The van der Waals surface area contributed by atoms with Gasteiger partial charge in [0.05, 0.1) is 11.4 Å². The third kappa shape index (κ3) is 4.42. The molecule has 1 aromatic carbocycles. The van der Waals surface area contributed by atoms with Crippen molar-refractivity contribution >= 4 is 29.7 Å². The van der Waals surface area contributed by atoms with E-state index in [1.54, 1.807) is 11.8 Å². The molecule has 2 rings (SSSR count). The summed E-state index contributed by atoms with van der Waals surface area (Å²) >= 11 is 0. The smallest absolute Gasteiger partial charge is 0.382 e. The van der Waals surface area contributed by atoms with Crippen LogP contribution < -0.4 is 15.5 Å². The standard InChI is InChI=1S/C13H16F3N3O.ClH/c1-9(12(20)18-8-13(14,15)16)19-7-6-17-10-4-2-3-5-11(10)19;/h2-5,9,17H,6-8H2,1H3,(H,18,20);1H. The molecule has 1 aliphatic rings. The zero-order chi connectivity index (χ0) is 14.8. The van der Waals surface area contributed by atoms with Crippen molar-refractivity contribution in [2.24, 2.45) is 0 Å². The third-order valence-electron chi connectivity index (χ3n) is 3.19. The lowest BCUT2D eigenvalue weighted by Gasteiger charge is -2.35. The first kappa shape index (κ1) is 17.4. The second-order valence-electron chi connectivity index (χ2n) is 4.65. The first-order valence-corrected chi connectivity index (χ1v) is 6.32. The Balaban J connectivity index is 0.00000220. The maximum absolute atomic E-state index is 12.1. The van der Waals surface area contributed by atoms with Crippen LogP contribution in [0.3, 0.4) is 0 Å². The number of para-hydroxylation sites is 2. The summed E-state index contributed by atoms with van der Waals surface area (Å²) in [5.41, 5.74) is 1.71. The minimum atomic E-state index is -4.39. The lowest BCUT2D eigenvalue weighted by molar-refractivity contribution is -0.138. The van der Waals surface area contributed by atoms with E-state index in [1.807, 2.05) is 29.6 Å². The SMILES string of the molecule is CC(C(=O)NCC(F)(F)F)N1CCNc2ccccc21.Cl. The van der Waals surface area contributed by atoms with Crippen LogP contribution in [-0.4, -0.2) is 37.8 Å². The molecule has 4 nitrogen and oxygen atoms in total. The topological polar surface area (TPSA) is 44.4 Å². The molecular weight excluding hydrogens is 307 g/mol. The Hall–Kier alpha value is -1.63. The number of hydrogen-bond acceptors (Lipinski definition) is 3. The van der Waals surface area contributed by atoms with Gasteiger partial charge in [0.15, 0.2) is 0 Å². The lowest BCUT2D eigenvalue weighted by atomic mass is 10.1. The predicted octanol–water partition coefficient (Wildman–Crippen LogP) is 2.41. The number of carbonyl (C=O) groups is 1. The van der Waals surface area contributed by atoms with Crippen molar-refractivity contribution in [2.75, 3.05) is 29.9 Å². The molecule has 0 saturated carbocycles. The highest BCUT2D eigenvalue weighted by Crippen LogP contribution is 2.29. The van der Waals surface area contributed by atoms with Gasteiger partial charge in [-0.05, 0) is 19.1 Å². The zero-order valence-electron chi connectivity index (χ0n) is 11.4. The maximum Gasteiger partial charge on any atom is 0.405 e.